The van der Waals surface area contributed by atoms with Crippen LogP contribution in [0, 0.1) is 19.3 Å². The van der Waals surface area contributed by atoms with Crippen molar-refractivity contribution < 1.29 is 0 Å². The average molecular weight is 174 g/mol. The Bertz CT molecular complexity index is 295. The maximum absolute atomic E-state index is 5.38. The Kier molecular flexibility index (Phi) is 3.51. The van der Waals surface area contributed by atoms with Gasteiger partial charge >= 0.3 is 0 Å². The van der Waals surface area contributed by atoms with Crippen molar-refractivity contribution >= 4 is 0 Å². The van der Waals surface area contributed by atoms with Crippen molar-refractivity contribution in [3.63, 3.8) is 0 Å². The number of aryl methyl sites for hydroxylation is 1. The highest BCUT2D eigenvalue weighted by molar-refractivity contribution is 5.24. The molecular formula is C11H14N2. The molecule has 0 saturated carbocycles. The first-order valence-corrected chi connectivity index (χ1v) is 4.24. The number of hydrogen-bond acceptors (Lipinski definition) is 2. The number of hydrogen-bond donors (Lipinski definition) is 2. The highest BCUT2D eigenvalue weighted by atomic mass is 15.2. The van der Waals surface area contributed by atoms with E-state index in [4.69, 9.17) is 12.3 Å². The van der Waals surface area contributed by atoms with Gasteiger partial charge in [0, 0.05) is 6.42 Å². The van der Waals surface area contributed by atoms with Crippen LogP contribution >= 0.6 is 0 Å². The second-order valence-corrected chi connectivity index (χ2v) is 3.04. The summed E-state index contributed by atoms with van der Waals surface area (Å²) in [6.45, 7) is 2.05. The van der Waals surface area contributed by atoms with Crippen LogP contribution in [0.3, 0.4) is 0 Å². The summed E-state index contributed by atoms with van der Waals surface area (Å²) in [5, 5.41) is 0. The first kappa shape index (κ1) is 9.79. The summed E-state index contributed by atoms with van der Waals surface area (Å²) in [4.78, 5) is 0. The van der Waals surface area contributed by atoms with Crippen LogP contribution in [0.5, 0.6) is 0 Å². The molecule has 2 heteroatoms. The highest BCUT2D eigenvalue weighted by Gasteiger charge is 2.06. The molecule has 0 amide bonds. The zero-order valence-corrected chi connectivity index (χ0v) is 7.75. The predicted molar refractivity (Wildman–Crippen MR) is 54.7 cm³/mol. The van der Waals surface area contributed by atoms with Gasteiger partial charge in [-0.3, -0.25) is 11.3 Å². The van der Waals surface area contributed by atoms with Gasteiger partial charge in [0.1, 0.15) is 0 Å². The third-order valence-electron chi connectivity index (χ3n) is 2.00. The number of rotatable bonds is 3. The van der Waals surface area contributed by atoms with Gasteiger partial charge in [0.2, 0.25) is 0 Å². The molecular weight excluding hydrogens is 160 g/mol. The van der Waals surface area contributed by atoms with Crippen molar-refractivity contribution in [2.45, 2.75) is 19.4 Å². The monoisotopic (exact) mass is 174 g/mol. The van der Waals surface area contributed by atoms with Crippen molar-refractivity contribution in [2.75, 3.05) is 0 Å². The van der Waals surface area contributed by atoms with Gasteiger partial charge in [0.05, 0.1) is 6.04 Å². The third kappa shape index (κ3) is 2.59. The van der Waals surface area contributed by atoms with Crippen LogP contribution < -0.4 is 11.3 Å². The molecule has 1 atom stereocenters. The molecule has 1 unspecified atom stereocenters. The number of hydrazine groups is 1. The minimum Gasteiger partial charge on any atom is -0.271 e. The number of nitrogens with one attached hydrogen (secondary N) is 1. The summed E-state index contributed by atoms with van der Waals surface area (Å²) in [6, 6.07) is 8.24. The molecule has 0 aliphatic carbocycles. The van der Waals surface area contributed by atoms with Gasteiger partial charge < -0.3 is 0 Å². The van der Waals surface area contributed by atoms with Crippen molar-refractivity contribution in [3.05, 3.63) is 35.4 Å². The van der Waals surface area contributed by atoms with Crippen molar-refractivity contribution in [1.29, 1.82) is 0 Å². The summed E-state index contributed by atoms with van der Waals surface area (Å²) >= 11 is 0. The Labute approximate surface area is 79.1 Å². The van der Waals surface area contributed by atoms with E-state index >= 15 is 0 Å². The molecule has 13 heavy (non-hydrogen) atoms. The molecule has 1 aromatic rings. The molecule has 0 saturated heterocycles. The zero-order valence-electron chi connectivity index (χ0n) is 7.75. The summed E-state index contributed by atoms with van der Waals surface area (Å²) < 4.78 is 0. The molecule has 0 fully saturated rings. The molecule has 1 aromatic carbocycles. The second-order valence-electron chi connectivity index (χ2n) is 3.04. The Morgan fingerprint density at radius 1 is 1.46 bits per heavy atom. The molecule has 3 N–H and O–H groups in total. The van der Waals surface area contributed by atoms with E-state index in [1.165, 1.54) is 5.56 Å². The summed E-state index contributed by atoms with van der Waals surface area (Å²) in [5.41, 5.74) is 5.06. The molecule has 0 aromatic heterocycles. The second kappa shape index (κ2) is 4.66. The maximum atomic E-state index is 5.38. The highest BCUT2D eigenvalue weighted by Crippen LogP contribution is 2.15. The maximum Gasteiger partial charge on any atom is 0.0569 e. The first-order valence-electron chi connectivity index (χ1n) is 4.24. The number of terminal acetylenes is 1. The molecule has 68 valence electrons. The molecule has 0 aliphatic heterocycles. The summed E-state index contributed by atoms with van der Waals surface area (Å²) in [5.74, 6) is 7.97. The smallest absolute Gasteiger partial charge is 0.0569 e. The molecule has 1 rings (SSSR count). The lowest BCUT2D eigenvalue weighted by molar-refractivity contribution is 0.568. The molecule has 0 aliphatic rings. The molecule has 0 bridgehead atoms. The first-order chi connectivity index (χ1) is 6.27. The lowest BCUT2D eigenvalue weighted by Crippen LogP contribution is -2.27. The Hall–Kier alpha value is -1.30. The number of nitrogens with two attached hydrogens (primary N) is 1. The van der Waals surface area contributed by atoms with Crippen molar-refractivity contribution in [2.24, 2.45) is 5.84 Å². The van der Waals surface area contributed by atoms with Gasteiger partial charge in [-0.05, 0) is 12.5 Å². The van der Waals surface area contributed by atoms with Crippen LogP contribution in [0.25, 0.3) is 0 Å². The van der Waals surface area contributed by atoms with E-state index in [1.54, 1.807) is 0 Å². The SMILES string of the molecule is C#CCC(NN)c1ccc(C)cc1. The fourth-order valence-electron chi connectivity index (χ4n) is 1.19. The largest absolute Gasteiger partial charge is 0.271 e. The Balaban J connectivity index is 2.80. The third-order valence-corrected chi connectivity index (χ3v) is 2.00. The van der Waals surface area contributed by atoms with Crippen molar-refractivity contribution in [1.82, 2.24) is 5.43 Å². The van der Waals surface area contributed by atoms with Crippen LogP contribution in [-0.4, -0.2) is 0 Å². The number of benzene rings is 1. The summed E-state index contributed by atoms with van der Waals surface area (Å²) in [7, 11) is 0. The van der Waals surface area contributed by atoms with Crippen molar-refractivity contribution in [3.8, 4) is 12.3 Å². The van der Waals surface area contributed by atoms with Gasteiger partial charge in [-0.1, -0.05) is 29.8 Å². The lowest BCUT2D eigenvalue weighted by atomic mass is 10.0. The van der Waals surface area contributed by atoms with Gasteiger partial charge in [-0.15, -0.1) is 12.3 Å². The van der Waals surface area contributed by atoms with Crippen LogP contribution in [-0.2, 0) is 0 Å². The van der Waals surface area contributed by atoms with E-state index in [9.17, 15) is 0 Å². The lowest BCUT2D eigenvalue weighted by Gasteiger charge is -2.13. The fraction of sp³-hybridized carbons (Fsp3) is 0.273. The van der Waals surface area contributed by atoms with E-state index in [-0.39, 0.29) is 6.04 Å². The van der Waals surface area contributed by atoms with Gasteiger partial charge in [-0.25, -0.2) is 0 Å². The quantitative estimate of drug-likeness (QED) is 0.414. The zero-order chi connectivity index (χ0) is 9.68. The summed E-state index contributed by atoms with van der Waals surface area (Å²) in [6.07, 6.45) is 5.84. The van der Waals surface area contributed by atoms with Crippen LogP contribution in [0.1, 0.15) is 23.6 Å². The van der Waals surface area contributed by atoms with Gasteiger partial charge in [-0.2, -0.15) is 0 Å². The average Bonchev–Trinajstić information content (AvgIpc) is 2.16. The molecule has 0 heterocycles. The van der Waals surface area contributed by atoms with Gasteiger partial charge in [0.25, 0.3) is 0 Å². The minimum absolute atomic E-state index is 0.0607. The Morgan fingerprint density at radius 3 is 2.54 bits per heavy atom. The standard InChI is InChI=1S/C11H14N2/c1-3-4-11(13-12)10-7-5-9(2)6-8-10/h1,5-8,11,13H,4,12H2,2H3. The fourth-order valence-corrected chi connectivity index (χ4v) is 1.19. The van der Waals surface area contributed by atoms with Crippen LogP contribution in [0.4, 0.5) is 0 Å². The van der Waals surface area contributed by atoms with E-state index in [1.807, 2.05) is 12.1 Å². The molecule has 0 spiro atoms. The Morgan fingerprint density at radius 2 is 2.08 bits per heavy atom. The van der Waals surface area contributed by atoms with Gasteiger partial charge in [0.15, 0.2) is 0 Å². The van der Waals surface area contributed by atoms with E-state index < -0.39 is 0 Å². The normalized spacial score (nSPS) is 12.1. The molecule has 2 nitrogen and oxygen atoms in total. The minimum atomic E-state index is 0.0607. The van der Waals surface area contributed by atoms with Crippen LogP contribution in [0.15, 0.2) is 24.3 Å². The van der Waals surface area contributed by atoms with E-state index in [0.29, 0.717) is 6.42 Å². The topological polar surface area (TPSA) is 38.0 Å². The molecule has 0 radical (unpaired) electrons. The van der Waals surface area contributed by atoms with Crippen LogP contribution in [0.2, 0.25) is 0 Å². The van der Waals surface area contributed by atoms with E-state index in [2.05, 4.69) is 30.4 Å². The van der Waals surface area contributed by atoms with E-state index in [0.717, 1.165) is 5.56 Å². The predicted octanol–water partition coefficient (Wildman–Crippen LogP) is 1.52.